The Morgan fingerprint density at radius 3 is 2.41 bits per heavy atom. The molecule has 1 amide bonds. The number of rotatable bonds is 7. The minimum absolute atomic E-state index is 0.238. The molecule has 0 atom stereocenters. The molecule has 6 heteroatoms. The van der Waals surface area contributed by atoms with Gasteiger partial charge in [0.1, 0.15) is 6.29 Å². The Hall–Kier alpha value is -3.64. The predicted molar refractivity (Wildman–Crippen MR) is 124 cm³/mol. The summed E-state index contributed by atoms with van der Waals surface area (Å²) in [5, 5.41) is 2.88. The fourth-order valence-electron chi connectivity index (χ4n) is 3.98. The number of hydrogen-bond acceptors (Lipinski definition) is 5. The van der Waals surface area contributed by atoms with Crippen molar-refractivity contribution in [2.24, 2.45) is 0 Å². The van der Waals surface area contributed by atoms with Crippen LogP contribution in [0.3, 0.4) is 0 Å². The number of nitrogens with zero attached hydrogens (tertiary/aromatic N) is 1. The molecule has 3 aromatic rings. The lowest BCUT2D eigenvalue weighted by Gasteiger charge is -2.29. The number of carbonyl (C=O) groups excluding carboxylic acids is 2. The number of nitrogens with one attached hydrogen (secondary N) is 1. The molecular weight excluding hydrogens is 404 g/mol. The molecule has 3 aromatic carbocycles. The first-order valence-electron chi connectivity index (χ1n) is 10.5. The van der Waals surface area contributed by atoms with Crippen molar-refractivity contribution >= 4 is 17.9 Å². The maximum absolute atomic E-state index is 12.4. The number of methoxy groups -OCH3 is 2. The van der Waals surface area contributed by atoms with E-state index < -0.39 is 0 Å². The largest absolute Gasteiger partial charge is 0.493 e. The number of fused-ring (bicyclic) bond motifs is 1. The van der Waals surface area contributed by atoms with Gasteiger partial charge in [-0.1, -0.05) is 24.3 Å². The number of aldehydes is 1. The second kappa shape index (κ2) is 9.66. The van der Waals surface area contributed by atoms with Crippen LogP contribution >= 0.6 is 0 Å². The first kappa shape index (κ1) is 21.6. The second-order valence-corrected chi connectivity index (χ2v) is 7.83. The van der Waals surface area contributed by atoms with Crippen LogP contribution in [0, 0.1) is 0 Å². The number of amides is 1. The van der Waals surface area contributed by atoms with E-state index >= 15 is 0 Å². The van der Waals surface area contributed by atoms with Gasteiger partial charge in [-0.15, -0.1) is 0 Å². The fraction of sp³-hybridized carbons (Fsp3) is 0.231. The molecule has 0 radical (unpaired) electrons. The maximum Gasteiger partial charge on any atom is 0.255 e. The van der Waals surface area contributed by atoms with Gasteiger partial charge in [0.25, 0.3) is 5.91 Å². The molecule has 0 aromatic heterocycles. The minimum atomic E-state index is -0.238. The monoisotopic (exact) mass is 430 g/mol. The molecule has 0 fully saturated rings. The van der Waals surface area contributed by atoms with Crippen LogP contribution in [0.4, 0.5) is 5.69 Å². The van der Waals surface area contributed by atoms with Gasteiger partial charge in [0.05, 0.1) is 14.2 Å². The first-order chi connectivity index (χ1) is 15.6. The predicted octanol–water partition coefficient (Wildman–Crippen LogP) is 4.33. The van der Waals surface area contributed by atoms with Crippen LogP contribution in [0.1, 0.15) is 37.4 Å². The SMILES string of the molecule is COc1cc2c(cc1OC)CN(Cc1ccc(NC(=O)c3cccc(C=O)c3)cc1)CC2. The summed E-state index contributed by atoms with van der Waals surface area (Å²) in [5.74, 6) is 1.29. The van der Waals surface area contributed by atoms with Crippen molar-refractivity contribution < 1.29 is 19.1 Å². The van der Waals surface area contributed by atoms with E-state index in [1.165, 1.54) is 16.7 Å². The lowest BCUT2D eigenvalue weighted by Crippen LogP contribution is -2.30. The van der Waals surface area contributed by atoms with Crippen molar-refractivity contribution in [3.05, 3.63) is 88.5 Å². The van der Waals surface area contributed by atoms with Gasteiger partial charge in [0.15, 0.2) is 11.5 Å². The summed E-state index contributed by atoms with van der Waals surface area (Å²) in [5.41, 5.74) is 5.39. The molecule has 1 heterocycles. The highest BCUT2D eigenvalue weighted by molar-refractivity contribution is 6.05. The molecule has 1 aliphatic rings. The smallest absolute Gasteiger partial charge is 0.255 e. The average Bonchev–Trinajstić information content (AvgIpc) is 2.84. The third-order valence-corrected chi connectivity index (χ3v) is 5.70. The summed E-state index contributed by atoms with van der Waals surface area (Å²) in [7, 11) is 3.32. The number of anilines is 1. The quantitative estimate of drug-likeness (QED) is 0.565. The topological polar surface area (TPSA) is 67.9 Å². The van der Waals surface area contributed by atoms with Gasteiger partial charge in [-0.05, 0) is 59.5 Å². The van der Waals surface area contributed by atoms with Gasteiger partial charge in [0, 0.05) is 36.4 Å². The molecule has 1 aliphatic heterocycles. The molecule has 0 bridgehead atoms. The van der Waals surface area contributed by atoms with Crippen molar-refractivity contribution in [2.45, 2.75) is 19.5 Å². The van der Waals surface area contributed by atoms with E-state index in [2.05, 4.69) is 22.3 Å². The number of carbonyl (C=O) groups is 2. The Morgan fingerprint density at radius 2 is 1.72 bits per heavy atom. The molecule has 32 heavy (non-hydrogen) atoms. The summed E-state index contributed by atoms with van der Waals surface area (Å²) in [6.45, 7) is 2.64. The van der Waals surface area contributed by atoms with Crippen molar-refractivity contribution in [1.82, 2.24) is 4.90 Å². The van der Waals surface area contributed by atoms with Crippen LogP contribution in [0.25, 0.3) is 0 Å². The third-order valence-electron chi connectivity index (χ3n) is 5.70. The number of benzene rings is 3. The van der Waals surface area contributed by atoms with Crippen molar-refractivity contribution in [2.75, 3.05) is 26.1 Å². The fourth-order valence-corrected chi connectivity index (χ4v) is 3.98. The number of hydrogen-bond donors (Lipinski definition) is 1. The molecular formula is C26H26N2O4. The number of ether oxygens (including phenoxy) is 2. The third kappa shape index (κ3) is 4.81. The highest BCUT2D eigenvalue weighted by Crippen LogP contribution is 2.33. The van der Waals surface area contributed by atoms with E-state index in [9.17, 15) is 9.59 Å². The molecule has 4 rings (SSSR count). The van der Waals surface area contributed by atoms with Crippen molar-refractivity contribution in [3.63, 3.8) is 0 Å². The molecule has 6 nitrogen and oxygen atoms in total. The van der Waals surface area contributed by atoms with Crippen LogP contribution < -0.4 is 14.8 Å². The molecule has 0 unspecified atom stereocenters. The van der Waals surface area contributed by atoms with Crippen LogP contribution in [0.15, 0.2) is 60.7 Å². The van der Waals surface area contributed by atoms with Gasteiger partial charge in [0.2, 0.25) is 0 Å². The summed E-state index contributed by atoms with van der Waals surface area (Å²) in [6, 6.07) is 18.7. The molecule has 0 saturated heterocycles. The lowest BCUT2D eigenvalue weighted by atomic mass is 9.98. The van der Waals surface area contributed by atoms with E-state index in [1.807, 2.05) is 24.3 Å². The van der Waals surface area contributed by atoms with E-state index in [0.717, 1.165) is 49.5 Å². The Morgan fingerprint density at radius 1 is 1.00 bits per heavy atom. The summed E-state index contributed by atoms with van der Waals surface area (Å²) in [6.07, 6.45) is 1.70. The molecule has 0 aliphatic carbocycles. The van der Waals surface area contributed by atoms with Crippen molar-refractivity contribution in [3.8, 4) is 11.5 Å². The summed E-state index contributed by atoms with van der Waals surface area (Å²) >= 11 is 0. The zero-order valence-electron chi connectivity index (χ0n) is 18.3. The van der Waals surface area contributed by atoms with Crippen LogP contribution in [-0.2, 0) is 19.5 Å². The first-order valence-corrected chi connectivity index (χ1v) is 10.5. The van der Waals surface area contributed by atoms with E-state index in [1.54, 1.807) is 38.5 Å². The molecule has 164 valence electrons. The summed E-state index contributed by atoms with van der Waals surface area (Å²) in [4.78, 5) is 25.8. The van der Waals surface area contributed by atoms with E-state index in [0.29, 0.717) is 11.1 Å². The molecule has 1 N–H and O–H groups in total. The van der Waals surface area contributed by atoms with Gasteiger partial charge in [-0.3, -0.25) is 14.5 Å². The minimum Gasteiger partial charge on any atom is -0.493 e. The van der Waals surface area contributed by atoms with Crippen LogP contribution in [-0.4, -0.2) is 37.9 Å². The summed E-state index contributed by atoms with van der Waals surface area (Å²) < 4.78 is 10.9. The normalized spacial score (nSPS) is 13.2. The zero-order valence-corrected chi connectivity index (χ0v) is 18.3. The standard InChI is InChI=1S/C26H26N2O4/c1-31-24-13-20-10-11-28(16-22(20)14-25(24)32-2)15-18-6-8-23(9-7-18)27-26(30)21-5-3-4-19(12-21)17-29/h3-9,12-14,17H,10-11,15-16H2,1-2H3,(H,27,30). The van der Waals surface area contributed by atoms with Gasteiger partial charge < -0.3 is 14.8 Å². The highest BCUT2D eigenvalue weighted by atomic mass is 16.5. The van der Waals surface area contributed by atoms with Crippen molar-refractivity contribution in [1.29, 1.82) is 0 Å². The average molecular weight is 431 g/mol. The second-order valence-electron chi connectivity index (χ2n) is 7.83. The highest BCUT2D eigenvalue weighted by Gasteiger charge is 2.19. The Balaban J connectivity index is 1.39. The Labute approximate surface area is 187 Å². The van der Waals surface area contributed by atoms with E-state index in [4.69, 9.17) is 9.47 Å². The Kier molecular flexibility index (Phi) is 6.52. The maximum atomic E-state index is 12.4. The zero-order chi connectivity index (χ0) is 22.5. The van der Waals surface area contributed by atoms with Crippen LogP contribution in [0.5, 0.6) is 11.5 Å². The lowest BCUT2D eigenvalue weighted by molar-refractivity contribution is 0.102. The molecule has 0 spiro atoms. The van der Waals surface area contributed by atoms with E-state index in [-0.39, 0.29) is 5.91 Å². The Bertz CT molecular complexity index is 1130. The van der Waals surface area contributed by atoms with Gasteiger partial charge in [-0.2, -0.15) is 0 Å². The molecule has 0 saturated carbocycles. The van der Waals surface area contributed by atoms with Gasteiger partial charge in [-0.25, -0.2) is 0 Å². The van der Waals surface area contributed by atoms with Gasteiger partial charge >= 0.3 is 0 Å². The van der Waals surface area contributed by atoms with Crippen LogP contribution in [0.2, 0.25) is 0 Å².